The van der Waals surface area contributed by atoms with E-state index in [1.165, 1.54) is 4.57 Å². The number of halogens is 1. The van der Waals surface area contributed by atoms with Gasteiger partial charge in [-0.2, -0.15) is 5.21 Å². The smallest absolute Gasteiger partial charge is 0.298 e. The maximum absolute atomic E-state index is 13.0. The molecule has 1 saturated carbocycles. The Kier molecular flexibility index (Phi) is 5.55. The summed E-state index contributed by atoms with van der Waals surface area (Å²) in [4.78, 5) is 17.2. The number of aryl methyl sites for hydroxylation is 2. The summed E-state index contributed by atoms with van der Waals surface area (Å²) < 4.78 is 7.29. The monoisotopic (exact) mass is 449 g/mol. The van der Waals surface area contributed by atoms with Gasteiger partial charge in [-0.25, -0.2) is 4.98 Å². The third kappa shape index (κ3) is 4.62. The molecule has 0 saturated heterocycles. The second-order valence-corrected chi connectivity index (χ2v) is 7.94. The Morgan fingerprint density at radius 3 is 2.72 bits per heavy atom. The molecule has 0 bridgehead atoms. The van der Waals surface area contributed by atoms with Gasteiger partial charge >= 0.3 is 0 Å². The average molecular weight is 450 g/mol. The van der Waals surface area contributed by atoms with Crippen LogP contribution in [-0.4, -0.2) is 36.3 Å². The van der Waals surface area contributed by atoms with Crippen molar-refractivity contribution in [2.24, 2.45) is 0 Å². The van der Waals surface area contributed by atoms with Crippen molar-refractivity contribution < 1.29 is 4.74 Å². The first-order valence-electron chi connectivity index (χ1n) is 10.3. The summed E-state index contributed by atoms with van der Waals surface area (Å²) >= 11 is 6.38. The summed E-state index contributed by atoms with van der Waals surface area (Å²) in [5, 5.41) is 17.4. The number of anilines is 2. The fourth-order valence-electron chi connectivity index (χ4n) is 3.24. The van der Waals surface area contributed by atoms with Gasteiger partial charge in [-0.3, -0.25) is 9.36 Å². The summed E-state index contributed by atoms with van der Waals surface area (Å²) in [6.45, 7) is 0. The van der Waals surface area contributed by atoms with E-state index in [1.54, 1.807) is 24.5 Å². The fraction of sp³-hybridized carbons (Fsp3) is 0.227. The normalized spacial score (nSPS) is 13.2. The second kappa shape index (κ2) is 8.80. The van der Waals surface area contributed by atoms with Gasteiger partial charge in [0.05, 0.1) is 16.8 Å². The lowest BCUT2D eigenvalue weighted by Crippen LogP contribution is -2.21. The first-order valence-corrected chi connectivity index (χ1v) is 10.7. The zero-order valence-corrected chi connectivity index (χ0v) is 17.8. The molecule has 0 unspecified atom stereocenters. The maximum atomic E-state index is 13.0. The Balaban J connectivity index is 1.31. The number of aromatic amines is 1. The molecule has 5 rings (SSSR count). The Morgan fingerprint density at radius 1 is 1.16 bits per heavy atom. The van der Waals surface area contributed by atoms with Crippen LogP contribution in [0.5, 0.6) is 5.75 Å². The van der Waals surface area contributed by atoms with Crippen LogP contribution < -0.4 is 15.6 Å². The van der Waals surface area contributed by atoms with Crippen LogP contribution in [0, 0.1) is 0 Å². The summed E-state index contributed by atoms with van der Waals surface area (Å²) in [5.74, 6) is 1.58. The predicted molar refractivity (Wildman–Crippen MR) is 120 cm³/mol. The van der Waals surface area contributed by atoms with Crippen LogP contribution in [-0.2, 0) is 12.8 Å². The number of hydrogen-bond donors (Lipinski definition) is 2. The van der Waals surface area contributed by atoms with Gasteiger partial charge in [0.1, 0.15) is 5.75 Å². The molecule has 0 aliphatic heterocycles. The molecule has 0 amide bonds. The standard InChI is InChI=1S/C22H20ClN7O2/c23-18-13-17(32-16-6-7-16)8-9-19(18)25-21-22(31)30(12-11-24-21)15-4-1-14(2-5-15)3-10-20-26-28-29-27-20/h1-2,4-5,8-9,11-13,16H,3,6-7,10H2,(H,24,25)(H,26,27,28,29). The molecular weight excluding hydrogens is 430 g/mol. The molecule has 162 valence electrons. The number of nitrogens with one attached hydrogen (secondary N) is 2. The molecule has 1 aliphatic rings. The highest BCUT2D eigenvalue weighted by Crippen LogP contribution is 2.32. The average Bonchev–Trinajstić information content (AvgIpc) is 3.46. The minimum atomic E-state index is -0.276. The lowest BCUT2D eigenvalue weighted by molar-refractivity contribution is 0.303. The van der Waals surface area contributed by atoms with Crippen molar-refractivity contribution in [3.63, 3.8) is 0 Å². The van der Waals surface area contributed by atoms with Gasteiger partial charge in [0.25, 0.3) is 5.56 Å². The van der Waals surface area contributed by atoms with Crippen molar-refractivity contribution in [2.45, 2.75) is 31.8 Å². The summed E-state index contributed by atoms with van der Waals surface area (Å²) in [5.41, 5.74) is 2.16. The highest BCUT2D eigenvalue weighted by molar-refractivity contribution is 6.33. The van der Waals surface area contributed by atoms with Crippen LogP contribution in [0.15, 0.2) is 59.7 Å². The van der Waals surface area contributed by atoms with Gasteiger partial charge in [-0.05, 0) is 49.1 Å². The van der Waals surface area contributed by atoms with Gasteiger partial charge < -0.3 is 10.1 Å². The van der Waals surface area contributed by atoms with Gasteiger partial charge in [0, 0.05) is 30.6 Å². The summed E-state index contributed by atoms with van der Waals surface area (Å²) in [6.07, 6.45) is 7.11. The number of benzene rings is 2. The number of rotatable bonds is 8. The molecule has 9 nitrogen and oxygen atoms in total. The van der Waals surface area contributed by atoms with Gasteiger partial charge in [-0.15, -0.1) is 10.2 Å². The molecular formula is C22H20ClN7O2. The minimum absolute atomic E-state index is 0.187. The highest BCUT2D eigenvalue weighted by atomic mass is 35.5. The predicted octanol–water partition coefficient (Wildman–Crippen LogP) is 3.47. The summed E-state index contributed by atoms with van der Waals surface area (Å²) in [6, 6.07) is 13.1. The Labute approximate surface area is 188 Å². The molecule has 4 aromatic rings. The third-order valence-electron chi connectivity index (χ3n) is 5.10. The fourth-order valence-corrected chi connectivity index (χ4v) is 3.46. The molecule has 0 radical (unpaired) electrons. The van der Waals surface area contributed by atoms with Gasteiger partial charge in [0.15, 0.2) is 11.6 Å². The van der Waals surface area contributed by atoms with E-state index in [2.05, 4.69) is 30.9 Å². The van der Waals surface area contributed by atoms with Crippen molar-refractivity contribution in [3.8, 4) is 11.4 Å². The van der Waals surface area contributed by atoms with E-state index in [0.717, 1.165) is 36.3 Å². The van der Waals surface area contributed by atoms with Crippen molar-refractivity contribution in [1.82, 2.24) is 30.2 Å². The van der Waals surface area contributed by atoms with E-state index in [1.807, 2.05) is 30.3 Å². The van der Waals surface area contributed by atoms with E-state index in [0.29, 0.717) is 29.1 Å². The van der Waals surface area contributed by atoms with E-state index >= 15 is 0 Å². The van der Waals surface area contributed by atoms with E-state index in [4.69, 9.17) is 16.3 Å². The number of ether oxygens (including phenoxy) is 1. The van der Waals surface area contributed by atoms with Crippen LogP contribution in [0.1, 0.15) is 24.2 Å². The zero-order valence-electron chi connectivity index (χ0n) is 17.0. The topological polar surface area (TPSA) is 111 Å². The largest absolute Gasteiger partial charge is 0.490 e. The van der Waals surface area contributed by atoms with Crippen molar-refractivity contribution >= 4 is 23.1 Å². The van der Waals surface area contributed by atoms with Crippen LogP contribution in [0.4, 0.5) is 11.5 Å². The molecule has 2 aromatic heterocycles. The highest BCUT2D eigenvalue weighted by Gasteiger charge is 2.23. The summed E-state index contributed by atoms with van der Waals surface area (Å²) in [7, 11) is 0. The van der Waals surface area contributed by atoms with Crippen LogP contribution in [0.2, 0.25) is 5.02 Å². The molecule has 2 aromatic carbocycles. The van der Waals surface area contributed by atoms with Crippen LogP contribution >= 0.6 is 11.6 Å². The number of H-pyrrole nitrogens is 1. The molecule has 0 spiro atoms. The SMILES string of the molecule is O=c1c(Nc2ccc(OC3CC3)cc2Cl)nccn1-c1ccc(CCc2nn[nH]n2)cc1. The van der Waals surface area contributed by atoms with Crippen molar-refractivity contribution in [2.75, 3.05) is 5.32 Å². The number of tetrazole rings is 1. The van der Waals surface area contributed by atoms with Crippen LogP contribution in [0.25, 0.3) is 5.69 Å². The van der Waals surface area contributed by atoms with E-state index in [-0.39, 0.29) is 11.4 Å². The first-order chi connectivity index (χ1) is 15.7. The number of aromatic nitrogens is 6. The molecule has 1 aliphatic carbocycles. The molecule has 2 N–H and O–H groups in total. The lowest BCUT2D eigenvalue weighted by Gasteiger charge is -2.12. The molecule has 0 atom stereocenters. The minimum Gasteiger partial charge on any atom is -0.490 e. The third-order valence-corrected chi connectivity index (χ3v) is 5.42. The Morgan fingerprint density at radius 2 is 2.00 bits per heavy atom. The molecule has 10 heteroatoms. The van der Waals surface area contributed by atoms with Crippen molar-refractivity contribution in [1.29, 1.82) is 0 Å². The van der Waals surface area contributed by atoms with E-state index in [9.17, 15) is 4.79 Å². The van der Waals surface area contributed by atoms with Gasteiger partial charge in [0.2, 0.25) is 0 Å². The van der Waals surface area contributed by atoms with E-state index < -0.39 is 0 Å². The molecule has 2 heterocycles. The molecule has 32 heavy (non-hydrogen) atoms. The molecule has 1 fully saturated rings. The first kappa shape index (κ1) is 20.2. The quantitative estimate of drug-likeness (QED) is 0.423. The van der Waals surface area contributed by atoms with Crippen molar-refractivity contribution in [3.05, 3.63) is 81.6 Å². The Hall–Kier alpha value is -3.72. The zero-order chi connectivity index (χ0) is 21.9. The maximum Gasteiger partial charge on any atom is 0.298 e. The van der Waals surface area contributed by atoms with Crippen LogP contribution in [0.3, 0.4) is 0 Å². The van der Waals surface area contributed by atoms with Gasteiger partial charge in [-0.1, -0.05) is 28.9 Å². The number of nitrogens with zero attached hydrogens (tertiary/aromatic N) is 5. The number of hydrogen-bond acceptors (Lipinski definition) is 7. The Bertz CT molecular complexity index is 1270. The second-order valence-electron chi connectivity index (χ2n) is 7.53. The lowest BCUT2D eigenvalue weighted by atomic mass is 10.1.